The largest absolute Gasteiger partial charge is 0.492 e. The van der Waals surface area contributed by atoms with Crippen LogP contribution >= 0.6 is 11.6 Å². The molecule has 0 spiro atoms. The summed E-state index contributed by atoms with van der Waals surface area (Å²) >= 11 is 6.55. The number of carbonyl (C=O) groups is 2. The van der Waals surface area contributed by atoms with Crippen molar-refractivity contribution in [2.75, 3.05) is 26.7 Å². The number of rotatable bonds is 8. The Bertz CT molecular complexity index is 1030. The van der Waals surface area contributed by atoms with E-state index in [1.807, 2.05) is 42.2 Å². The van der Waals surface area contributed by atoms with Gasteiger partial charge in [-0.15, -0.1) is 0 Å². The Morgan fingerprint density at radius 1 is 1.17 bits per heavy atom. The number of hydrogen-bond donors (Lipinski definition) is 1. The Kier molecular flexibility index (Phi) is 8.02. The maximum absolute atomic E-state index is 13.1. The summed E-state index contributed by atoms with van der Waals surface area (Å²) in [4.78, 5) is 29.2. The fourth-order valence-electron chi connectivity index (χ4n) is 5.10. The Morgan fingerprint density at radius 2 is 1.89 bits per heavy atom. The summed E-state index contributed by atoms with van der Waals surface area (Å²) in [6.07, 6.45) is 4.68. The number of benzene rings is 2. The second-order valence-corrected chi connectivity index (χ2v) is 10.6. The molecule has 2 aliphatic rings. The zero-order chi connectivity index (χ0) is 25.0. The summed E-state index contributed by atoms with van der Waals surface area (Å²) in [6.45, 7) is 3.48. The van der Waals surface area contributed by atoms with E-state index in [0.717, 1.165) is 44.2 Å². The normalized spacial score (nSPS) is 24.5. The van der Waals surface area contributed by atoms with E-state index in [4.69, 9.17) is 16.3 Å². The number of halogens is 1. The first-order valence-electron chi connectivity index (χ1n) is 12.5. The number of nitrogens with zero attached hydrogens (tertiary/aromatic N) is 2. The molecule has 2 aromatic carbocycles. The van der Waals surface area contributed by atoms with Crippen molar-refractivity contribution in [3.8, 4) is 5.75 Å². The second-order valence-electron chi connectivity index (χ2n) is 10.1. The summed E-state index contributed by atoms with van der Waals surface area (Å²) in [7, 11) is 1.76. The molecule has 6 nitrogen and oxygen atoms in total. The van der Waals surface area contributed by atoms with Crippen molar-refractivity contribution in [3.05, 3.63) is 64.7 Å². The molecule has 2 aromatic rings. The van der Waals surface area contributed by atoms with Crippen LogP contribution in [-0.2, 0) is 11.2 Å². The van der Waals surface area contributed by atoms with Gasteiger partial charge in [0, 0.05) is 36.1 Å². The molecule has 1 unspecified atom stereocenters. The van der Waals surface area contributed by atoms with Crippen molar-refractivity contribution in [2.24, 2.45) is 5.92 Å². The highest BCUT2D eigenvalue weighted by atomic mass is 35.5. The highest BCUT2D eigenvalue weighted by Crippen LogP contribution is 2.35. The second kappa shape index (κ2) is 11.0. The Balaban J connectivity index is 1.26. The number of ether oxygens (including phenoxy) is 1. The van der Waals surface area contributed by atoms with Gasteiger partial charge in [-0.1, -0.05) is 35.9 Å². The maximum Gasteiger partial charge on any atom is 0.253 e. The molecule has 0 aromatic heterocycles. The molecule has 188 valence electrons. The molecule has 1 heterocycles. The predicted octanol–water partition coefficient (Wildman–Crippen LogP) is 4.58. The van der Waals surface area contributed by atoms with Crippen LogP contribution in [0.1, 0.15) is 54.9 Å². The number of likely N-dealkylation sites (tertiary alicyclic amines) is 1. The molecule has 1 aliphatic heterocycles. The van der Waals surface area contributed by atoms with Crippen molar-refractivity contribution >= 4 is 23.4 Å². The number of amides is 2. The third-order valence-electron chi connectivity index (χ3n) is 7.38. The molecule has 7 heteroatoms. The van der Waals surface area contributed by atoms with Crippen LogP contribution in [0.4, 0.5) is 0 Å². The number of carbonyl (C=O) groups excluding carboxylic acids is 2. The lowest BCUT2D eigenvalue weighted by Gasteiger charge is -2.37. The molecule has 35 heavy (non-hydrogen) atoms. The lowest BCUT2D eigenvalue weighted by Crippen LogP contribution is -2.43. The third-order valence-corrected chi connectivity index (χ3v) is 7.73. The SMILES string of the molecule is CN(CCOc1ccc(CC2CCN(C3CCC(C)(O)CC3)C2=O)c(Cl)c1)C(=O)c1ccccc1. The monoisotopic (exact) mass is 498 g/mol. The van der Waals surface area contributed by atoms with Gasteiger partial charge in [0.2, 0.25) is 5.91 Å². The van der Waals surface area contributed by atoms with Crippen LogP contribution in [0.15, 0.2) is 48.5 Å². The van der Waals surface area contributed by atoms with E-state index in [1.54, 1.807) is 30.1 Å². The van der Waals surface area contributed by atoms with E-state index >= 15 is 0 Å². The molecule has 1 N–H and O–H groups in total. The van der Waals surface area contributed by atoms with E-state index in [2.05, 4.69) is 0 Å². The number of likely N-dealkylation sites (N-methyl/N-ethyl adjacent to an activating group) is 1. The van der Waals surface area contributed by atoms with Gasteiger partial charge in [0.25, 0.3) is 5.91 Å². The van der Waals surface area contributed by atoms with Gasteiger partial charge in [-0.05, 0) is 75.3 Å². The average Bonchev–Trinajstić information content (AvgIpc) is 3.20. The minimum absolute atomic E-state index is 0.0449. The zero-order valence-electron chi connectivity index (χ0n) is 20.6. The van der Waals surface area contributed by atoms with E-state index in [0.29, 0.717) is 35.9 Å². The van der Waals surface area contributed by atoms with Crippen molar-refractivity contribution in [2.45, 2.75) is 57.1 Å². The van der Waals surface area contributed by atoms with Gasteiger partial charge in [-0.3, -0.25) is 9.59 Å². The highest BCUT2D eigenvalue weighted by Gasteiger charge is 2.39. The van der Waals surface area contributed by atoms with Crippen LogP contribution < -0.4 is 4.74 Å². The van der Waals surface area contributed by atoms with E-state index in [1.165, 1.54) is 0 Å². The Morgan fingerprint density at radius 3 is 2.57 bits per heavy atom. The van der Waals surface area contributed by atoms with Gasteiger partial charge in [0.05, 0.1) is 12.1 Å². The zero-order valence-corrected chi connectivity index (χ0v) is 21.3. The number of aliphatic hydroxyl groups is 1. The summed E-state index contributed by atoms with van der Waals surface area (Å²) in [5.74, 6) is 0.753. The molecule has 1 atom stereocenters. The maximum atomic E-state index is 13.1. The lowest BCUT2D eigenvalue weighted by atomic mass is 9.83. The van der Waals surface area contributed by atoms with Crippen LogP contribution in [0.2, 0.25) is 5.02 Å². The molecule has 1 aliphatic carbocycles. The molecular weight excluding hydrogens is 464 g/mol. The smallest absolute Gasteiger partial charge is 0.253 e. The fraction of sp³-hybridized carbons (Fsp3) is 0.500. The van der Waals surface area contributed by atoms with Crippen molar-refractivity contribution in [1.29, 1.82) is 0 Å². The van der Waals surface area contributed by atoms with Crippen LogP contribution in [0.25, 0.3) is 0 Å². The topological polar surface area (TPSA) is 70.1 Å². The minimum atomic E-state index is -0.594. The summed E-state index contributed by atoms with van der Waals surface area (Å²) < 4.78 is 5.83. The molecule has 1 saturated heterocycles. The predicted molar refractivity (Wildman–Crippen MR) is 137 cm³/mol. The third kappa shape index (κ3) is 6.36. The van der Waals surface area contributed by atoms with Gasteiger partial charge in [0.15, 0.2) is 0 Å². The van der Waals surface area contributed by atoms with Crippen LogP contribution in [0.5, 0.6) is 5.75 Å². The minimum Gasteiger partial charge on any atom is -0.492 e. The fourth-order valence-corrected chi connectivity index (χ4v) is 5.35. The van der Waals surface area contributed by atoms with E-state index in [-0.39, 0.29) is 23.8 Å². The first-order chi connectivity index (χ1) is 16.7. The van der Waals surface area contributed by atoms with Gasteiger partial charge in [-0.2, -0.15) is 0 Å². The first-order valence-corrected chi connectivity index (χ1v) is 12.9. The Labute approximate surface area is 212 Å². The first kappa shape index (κ1) is 25.5. The summed E-state index contributed by atoms with van der Waals surface area (Å²) in [5.41, 5.74) is 1.00. The average molecular weight is 499 g/mol. The molecule has 4 rings (SSSR count). The van der Waals surface area contributed by atoms with Crippen LogP contribution in [-0.4, -0.2) is 65.1 Å². The molecular formula is C28H35ClN2O4. The van der Waals surface area contributed by atoms with Crippen molar-refractivity contribution in [1.82, 2.24) is 9.80 Å². The Hall–Kier alpha value is -2.57. The van der Waals surface area contributed by atoms with Gasteiger partial charge in [0.1, 0.15) is 12.4 Å². The quantitative estimate of drug-likeness (QED) is 0.578. The molecule has 0 bridgehead atoms. The molecule has 2 amide bonds. The molecule has 0 radical (unpaired) electrons. The van der Waals surface area contributed by atoms with E-state index in [9.17, 15) is 14.7 Å². The summed E-state index contributed by atoms with van der Waals surface area (Å²) in [5, 5.41) is 10.8. The van der Waals surface area contributed by atoms with Crippen molar-refractivity contribution < 1.29 is 19.4 Å². The van der Waals surface area contributed by atoms with Gasteiger partial charge < -0.3 is 19.6 Å². The van der Waals surface area contributed by atoms with Crippen LogP contribution in [0.3, 0.4) is 0 Å². The number of hydrogen-bond acceptors (Lipinski definition) is 4. The van der Waals surface area contributed by atoms with Gasteiger partial charge >= 0.3 is 0 Å². The standard InChI is InChI=1S/C28H35ClN2O4/c1-28(34)13-10-23(11-14-28)31-15-12-22(27(31)33)18-21-8-9-24(19-25(21)29)35-17-16-30(2)26(32)20-6-4-3-5-7-20/h3-9,19,22-23,34H,10-18H2,1-2H3. The lowest BCUT2D eigenvalue weighted by molar-refractivity contribution is -0.134. The van der Waals surface area contributed by atoms with Gasteiger partial charge in [-0.25, -0.2) is 0 Å². The van der Waals surface area contributed by atoms with Crippen molar-refractivity contribution in [3.63, 3.8) is 0 Å². The highest BCUT2D eigenvalue weighted by molar-refractivity contribution is 6.31. The summed E-state index contributed by atoms with van der Waals surface area (Å²) in [6, 6.07) is 15.0. The van der Waals surface area contributed by atoms with Crippen LogP contribution in [0, 0.1) is 5.92 Å². The van der Waals surface area contributed by atoms with E-state index < -0.39 is 5.60 Å². The molecule has 2 fully saturated rings. The molecule has 1 saturated carbocycles.